The van der Waals surface area contributed by atoms with E-state index in [1.165, 1.54) is 6.07 Å². The highest BCUT2D eigenvalue weighted by Gasteiger charge is 2.24. The van der Waals surface area contributed by atoms with Crippen LogP contribution in [0.15, 0.2) is 48.5 Å². The van der Waals surface area contributed by atoms with Crippen LogP contribution in [0.2, 0.25) is 0 Å². The van der Waals surface area contributed by atoms with Gasteiger partial charge in [0.25, 0.3) is 5.91 Å². The quantitative estimate of drug-likeness (QED) is 0.733. The SMILES string of the molecule is Cc1ccc(-c2cc(C(=O)N3CCN(Cc4cccc(F)c4F)CC3)[nH]n2)cc1. The van der Waals surface area contributed by atoms with Crippen LogP contribution in [-0.2, 0) is 6.54 Å². The summed E-state index contributed by atoms with van der Waals surface area (Å²) in [6, 6.07) is 13.9. The lowest BCUT2D eigenvalue weighted by Gasteiger charge is -2.34. The third-order valence-corrected chi connectivity index (χ3v) is 5.24. The largest absolute Gasteiger partial charge is 0.335 e. The number of piperazine rings is 1. The molecule has 0 aliphatic carbocycles. The summed E-state index contributed by atoms with van der Waals surface area (Å²) in [5, 5.41) is 7.10. The third-order valence-electron chi connectivity index (χ3n) is 5.24. The van der Waals surface area contributed by atoms with Crippen molar-refractivity contribution in [2.45, 2.75) is 13.5 Å². The van der Waals surface area contributed by atoms with Gasteiger partial charge in [-0.2, -0.15) is 5.10 Å². The Morgan fingerprint density at radius 1 is 1.07 bits per heavy atom. The fraction of sp³-hybridized carbons (Fsp3) is 0.273. The van der Waals surface area contributed by atoms with Crippen molar-refractivity contribution in [3.63, 3.8) is 0 Å². The Balaban J connectivity index is 1.37. The molecule has 0 saturated carbocycles. The Labute approximate surface area is 168 Å². The minimum absolute atomic E-state index is 0.104. The van der Waals surface area contributed by atoms with Crippen molar-refractivity contribution < 1.29 is 13.6 Å². The first-order chi connectivity index (χ1) is 14.0. The Morgan fingerprint density at radius 2 is 1.79 bits per heavy atom. The highest BCUT2D eigenvalue weighted by atomic mass is 19.2. The molecule has 150 valence electrons. The van der Waals surface area contributed by atoms with Crippen LogP contribution >= 0.6 is 0 Å². The van der Waals surface area contributed by atoms with Crippen molar-refractivity contribution in [2.24, 2.45) is 0 Å². The molecule has 0 bridgehead atoms. The molecule has 4 rings (SSSR count). The van der Waals surface area contributed by atoms with Crippen LogP contribution in [0.3, 0.4) is 0 Å². The highest BCUT2D eigenvalue weighted by molar-refractivity contribution is 5.93. The van der Waals surface area contributed by atoms with Crippen molar-refractivity contribution in [1.29, 1.82) is 0 Å². The van der Waals surface area contributed by atoms with Crippen molar-refractivity contribution in [1.82, 2.24) is 20.0 Å². The monoisotopic (exact) mass is 396 g/mol. The summed E-state index contributed by atoms with van der Waals surface area (Å²) in [6.07, 6.45) is 0. The summed E-state index contributed by atoms with van der Waals surface area (Å²) in [4.78, 5) is 16.6. The van der Waals surface area contributed by atoms with Crippen molar-refractivity contribution in [2.75, 3.05) is 26.2 Å². The fourth-order valence-corrected chi connectivity index (χ4v) is 3.49. The van der Waals surface area contributed by atoms with Crippen LogP contribution in [0.25, 0.3) is 11.3 Å². The number of carbonyl (C=O) groups excluding carboxylic acids is 1. The van der Waals surface area contributed by atoms with Crippen molar-refractivity contribution >= 4 is 5.91 Å². The average molecular weight is 396 g/mol. The van der Waals surface area contributed by atoms with E-state index in [0.717, 1.165) is 22.9 Å². The Kier molecular flexibility index (Phi) is 5.40. The van der Waals surface area contributed by atoms with Gasteiger partial charge in [-0.05, 0) is 19.1 Å². The molecular formula is C22H22F2N4O. The molecule has 1 saturated heterocycles. The van der Waals surface area contributed by atoms with Gasteiger partial charge in [-0.3, -0.25) is 14.8 Å². The van der Waals surface area contributed by atoms with E-state index in [4.69, 9.17) is 0 Å². The van der Waals surface area contributed by atoms with Gasteiger partial charge in [-0.15, -0.1) is 0 Å². The van der Waals surface area contributed by atoms with Gasteiger partial charge in [0, 0.05) is 43.9 Å². The zero-order chi connectivity index (χ0) is 20.4. The first-order valence-electron chi connectivity index (χ1n) is 9.58. The van der Waals surface area contributed by atoms with Gasteiger partial charge in [0.15, 0.2) is 11.6 Å². The van der Waals surface area contributed by atoms with E-state index in [1.54, 1.807) is 17.0 Å². The molecule has 0 radical (unpaired) electrons. The van der Waals surface area contributed by atoms with Crippen LogP contribution < -0.4 is 0 Å². The van der Waals surface area contributed by atoms with Crippen LogP contribution in [0.5, 0.6) is 0 Å². The third kappa shape index (κ3) is 4.19. The van der Waals surface area contributed by atoms with Crippen LogP contribution in [0, 0.1) is 18.6 Å². The Bertz CT molecular complexity index is 1010. The van der Waals surface area contributed by atoms with E-state index in [0.29, 0.717) is 44.0 Å². The second-order valence-corrected chi connectivity index (χ2v) is 7.31. The van der Waals surface area contributed by atoms with Gasteiger partial charge in [0.1, 0.15) is 5.69 Å². The number of aromatic nitrogens is 2. The lowest BCUT2D eigenvalue weighted by Crippen LogP contribution is -2.48. The number of rotatable bonds is 4. The van der Waals surface area contributed by atoms with E-state index in [2.05, 4.69) is 10.2 Å². The molecule has 1 amide bonds. The van der Waals surface area contributed by atoms with Gasteiger partial charge in [0.2, 0.25) is 0 Å². The number of aromatic amines is 1. The normalized spacial score (nSPS) is 14.9. The minimum Gasteiger partial charge on any atom is -0.335 e. The van der Waals surface area contributed by atoms with Crippen LogP contribution in [0.4, 0.5) is 8.78 Å². The number of halogens is 2. The smallest absolute Gasteiger partial charge is 0.271 e. The minimum atomic E-state index is -0.833. The van der Waals surface area contributed by atoms with E-state index >= 15 is 0 Å². The van der Waals surface area contributed by atoms with Gasteiger partial charge in [-0.1, -0.05) is 42.0 Å². The molecule has 0 atom stereocenters. The predicted molar refractivity (Wildman–Crippen MR) is 106 cm³/mol. The molecule has 3 aromatic rings. The van der Waals surface area contributed by atoms with E-state index < -0.39 is 11.6 Å². The van der Waals surface area contributed by atoms with E-state index in [-0.39, 0.29) is 5.91 Å². The molecule has 29 heavy (non-hydrogen) atoms. The number of benzene rings is 2. The molecule has 1 fully saturated rings. The number of carbonyl (C=O) groups is 1. The zero-order valence-electron chi connectivity index (χ0n) is 16.2. The maximum absolute atomic E-state index is 13.9. The second kappa shape index (κ2) is 8.13. The van der Waals surface area contributed by atoms with Crippen LogP contribution in [0.1, 0.15) is 21.6 Å². The lowest BCUT2D eigenvalue weighted by atomic mass is 10.1. The summed E-state index contributed by atoms with van der Waals surface area (Å²) < 4.78 is 27.2. The average Bonchev–Trinajstić information content (AvgIpc) is 3.22. The zero-order valence-corrected chi connectivity index (χ0v) is 16.2. The summed E-state index contributed by atoms with van der Waals surface area (Å²) in [5.74, 6) is -1.74. The molecule has 0 spiro atoms. The second-order valence-electron chi connectivity index (χ2n) is 7.31. The first kappa shape index (κ1) is 19.3. The van der Waals surface area contributed by atoms with Gasteiger partial charge >= 0.3 is 0 Å². The van der Waals surface area contributed by atoms with Gasteiger partial charge < -0.3 is 4.90 Å². The number of amides is 1. The summed E-state index contributed by atoms with van der Waals surface area (Å²) >= 11 is 0. The fourth-order valence-electron chi connectivity index (χ4n) is 3.49. The molecule has 2 aromatic carbocycles. The number of hydrogen-bond acceptors (Lipinski definition) is 3. The number of nitrogens with zero attached hydrogens (tertiary/aromatic N) is 3. The maximum atomic E-state index is 13.9. The van der Waals surface area contributed by atoms with E-state index in [1.807, 2.05) is 36.1 Å². The molecule has 1 aromatic heterocycles. The number of hydrogen-bond donors (Lipinski definition) is 1. The highest BCUT2D eigenvalue weighted by Crippen LogP contribution is 2.20. The van der Waals surface area contributed by atoms with Gasteiger partial charge in [0.05, 0.1) is 5.69 Å². The standard InChI is InChI=1S/C22H22F2N4O/c1-15-5-7-16(8-6-15)19-13-20(26-25-19)22(29)28-11-9-27(10-12-28)14-17-3-2-4-18(23)21(17)24/h2-8,13H,9-12,14H2,1H3,(H,25,26). The van der Waals surface area contributed by atoms with Crippen molar-refractivity contribution in [3.05, 3.63) is 77.0 Å². The number of aryl methyl sites for hydroxylation is 1. The Hall–Kier alpha value is -3.06. The molecule has 1 N–H and O–H groups in total. The molecule has 1 aliphatic rings. The number of nitrogens with one attached hydrogen (secondary N) is 1. The first-order valence-corrected chi connectivity index (χ1v) is 9.58. The molecule has 1 aliphatic heterocycles. The lowest BCUT2D eigenvalue weighted by molar-refractivity contribution is 0.0621. The molecule has 0 unspecified atom stereocenters. The van der Waals surface area contributed by atoms with E-state index in [9.17, 15) is 13.6 Å². The maximum Gasteiger partial charge on any atom is 0.271 e. The Morgan fingerprint density at radius 3 is 2.52 bits per heavy atom. The number of H-pyrrole nitrogens is 1. The molecule has 7 heteroatoms. The topological polar surface area (TPSA) is 52.2 Å². The summed E-state index contributed by atoms with van der Waals surface area (Å²) in [6.45, 7) is 4.59. The summed E-state index contributed by atoms with van der Waals surface area (Å²) in [7, 11) is 0. The van der Waals surface area contributed by atoms with Crippen LogP contribution in [-0.4, -0.2) is 52.1 Å². The molecule has 5 nitrogen and oxygen atoms in total. The van der Waals surface area contributed by atoms with Gasteiger partial charge in [-0.25, -0.2) is 8.78 Å². The molecule has 2 heterocycles. The molecular weight excluding hydrogens is 374 g/mol. The summed E-state index contributed by atoms with van der Waals surface area (Å²) in [5.41, 5.74) is 3.63. The van der Waals surface area contributed by atoms with Crippen molar-refractivity contribution in [3.8, 4) is 11.3 Å². The predicted octanol–water partition coefficient (Wildman–Crippen LogP) is 3.62.